The van der Waals surface area contributed by atoms with Crippen LogP contribution in [0.15, 0.2) is 24.3 Å². The van der Waals surface area contributed by atoms with Gasteiger partial charge in [0.1, 0.15) is 0 Å². The van der Waals surface area contributed by atoms with Gasteiger partial charge in [0, 0.05) is 17.1 Å². The second kappa shape index (κ2) is 6.30. The largest absolute Gasteiger partial charge is 0.300 e. The zero-order valence-electron chi connectivity index (χ0n) is 12.1. The number of rotatable bonds is 4. The van der Waals surface area contributed by atoms with Crippen LogP contribution < -0.4 is 0 Å². The summed E-state index contributed by atoms with van der Waals surface area (Å²) < 4.78 is 4.80. The molecule has 21 heavy (non-hydrogen) atoms. The molecule has 3 rings (SSSR count). The second-order valence-corrected chi connectivity index (χ2v) is 6.13. The predicted molar refractivity (Wildman–Crippen MR) is 88.0 cm³/mol. The van der Waals surface area contributed by atoms with E-state index in [9.17, 15) is 0 Å². The molecule has 1 aromatic carbocycles. The van der Waals surface area contributed by atoms with E-state index in [-0.39, 0.29) is 0 Å². The van der Waals surface area contributed by atoms with Gasteiger partial charge in [0.25, 0.3) is 0 Å². The van der Waals surface area contributed by atoms with Gasteiger partial charge in [0.15, 0.2) is 10.6 Å². The summed E-state index contributed by atoms with van der Waals surface area (Å²) >= 11 is 11.5. The molecule has 1 aliphatic heterocycles. The van der Waals surface area contributed by atoms with Gasteiger partial charge in [-0.05, 0) is 69.3 Å². The fourth-order valence-corrected chi connectivity index (χ4v) is 3.18. The Balaban J connectivity index is 1.96. The van der Waals surface area contributed by atoms with Gasteiger partial charge in [-0.15, -0.1) is 0 Å². The third-order valence-corrected chi connectivity index (χ3v) is 4.56. The van der Waals surface area contributed by atoms with E-state index in [4.69, 9.17) is 28.9 Å². The van der Waals surface area contributed by atoms with Gasteiger partial charge < -0.3 is 4.57 Å². The van der Waals surface area contributed by atoms with E-state index in [2.05, 4.69) is 16.4 Å². The second-order valence-electron chi connectivity index (χ2n) is 5.32. The number of nitrogens with zero attached hydrogens (tertiary/aromatic N) is 4. The van der Waals surface area contributed by atoms with E-state index >= 15 is 0 Å². The van der Waals surface area contributed by atoms with Crippen molar-refractivity contribution in [2.45, 2.75) is 33.0 Å². The third kappa shape index (κ3) is 3.05. The van der Waals surface area contributed by atoms with Gasteiger partial charge in [-0.1, -0.05) is 11.6 Å². The van der Waals surface area contributed by atoms with Gasteiger partial charge >= 0.3 is 0 Å². The summed E-state index contributed by atoms with van der Waals surface area (Å²) in [6, 6.07) is 7.76. The van der Waals surface area contributed by atoms with Crippen molar-refractivity contribution in [3.63, 3.8) is 0 Å². The third-order valence-electron chi connectivity index (χ3n) is 3.87. The number of halogens is 1. The fourth-order valence-electron chi connectivity index (χ4n) is 2.74. The monoisotopic (exact) mass is 322 g/mol. The Morgan fingerprint density at radius 2 is 1.86 bits per heavy atom. The Bertz CT molecular complexity index is 668. The van der Waals surface area contributed by atoms with Crippen LogP contribution in [0.1, 0.15) is 19.8 Å². The number of hydrogen-bond donors (Lipinski definition) is 0. The minimum Gasteiger partial charge on any atom is -0.300 e. The lowest BCUT2D eigenvalue weighted by Gasteiger charge is -2.13. The summed E-state index contributed by atoms with van der Waals surface area (Å²) in [4.78, 5) is 2.40. The maximum Gasteiger partial charge on any atom is 0.199 e. The van der Waals surface area contributed by atoms with E-state index in [1.165, 1.54) is 12.8 Å². The number of hydrogen-bond acceptors (Lipinski definition) is 3. The van der Waals surface area contributed by atoms with Crippen LogP contribution in [0.3, 0.4) is 0 Å². The van der Waals surface area contributed by atoms with Crippen LogP contribution in [-0.2, 0) is 13.2 Å². The highest BCUT2D eigenvalue weighted by molar-refractivity contribution is 7.71. The molecule has 0 amide bonds. The van der Waals surface area contributed by atoms with Gasteiger partial charge in [0.2, 0.25) is 0 Å². The van der Waals surface area contributed by atoms with Crippen molar-refractivity contribution < 1.29 is 0 Å². The summed E-state index contributed by atoms with van der Waals surface area (Å²) in [5.41, 5.74) is 1.05. The van der Waals surface area contributed by atoms with Crippen LogP contribution in [0.2, 0.25) is 5.02 Å². The van der Waals surface area contributed by atoms with Crippen LogP contribution in [0.25, 0.3) is 11.4 Å². The zero-order chi connectivity index (χ0) is 14.8. The molecule has 0 atom stereocenters. The molecule has 6 heteroatoms. The van der Waals surface area contributed by atoms with Gasteiger partial charge in [-0.2, -0.15) is 5.10 Å². The molecule has 0 bridgehead atoms. The van der Waals surface area contributed by atoms with Crippen molar-refractivity contribution in [3.05, 3.63) is 34.1 Å². The van der Waals surface area contributed by atoms with E-state index in [0.717, 1.165) is 47.5 Å². The lowest BCUT2D eigenvalue weighted by Crippen LogP contribution is -2.23. The van der Waals surface area contributed by atoms with Crippen molar-refractivity contribution >= 4 is 23.8 Å². The molecule has 0 saturated carbocycles. The lowest BCUT2D eigenvalue weighted by molar-refractivity contribution is 0.253. The van der Waals surface area contributed by atoms with Crippen molar-refractivity contribution in [2.75, 3.05) is 13.1 Å². The standard InChI is InChI=1S/C15H19ClN4S/c1-2-19-14(12-5-7-13(16)8-6-12)17-20(15(19)21)11-18-9-3-4-10-18/h5-8H,2-4,9-11H2,1H3. The SMILES string of the molecule is CCn1c(-c2ccc(Cl)cc2)nn(CN2CCCC2)c1=S. The number of likely N-dealkylation sites (tertiary alicyclic amines) is 1. The molecule has 0 N–H and O–H groups in total. The topological polar surface area (TPSA) is 26.0 Å². The van der Waals surface area contributed by atoms with E-state index in [1.54, 1.807) is 0 Å². The minimum absolute atomic E-state index is 0.733. The molecule has 4 nitrogen and oxygen atoms in total. The molecule has 1 fully saturated rings. The fraction of sp³-hybridized carbons (Fsp3) is 0.467. The van der Waals surface area contributed by atoms with Crippen molar-refractivity contribution in [1.29, 1.82) is 0 Å². The molecule has 0 unspecified atom stereocenters. The van der Waals surface area contributed by atoms with Gasteiger partial charge in [0.05, 0.1) is 6.67 Å². The minimum atomic E-state index is 0.733. The highest BCUT2D eigenvalue weighted by atomic mass is 35.5. The first-order valence-corrected chi connectivity index (χ1v) is 8.13. The molecule has 1 saturated heterocycles. The summed E-state index contributed by atoms with van der Waals surface area (Å²) in [6.07, 6.45) is 2.54. The van der Waals surface area contributed by atoms with Gasteiger partial charge in [-0.3, -0.25) is 4.90 Å². The van der Waals surface area contributed by atoms with E-state index in [0.29, 0.717) is 0 Å². The summed E-state index contributed by atoms with van der Waals surface area (Å²) in [5, 5.41) is 5.47. The smallest absolute Gasteiger partial charge is 0.199 e. The van der Waals surface area contributed by atoms with E-state index < -0.39 is 0 Å². The molecular formula is C15H19ClN4S. The average Bonchev–Trinajstić information content (AvgIpc) is 3.09. The first-order chi connectivity index (χ1) is 10.2. The molecule has 112 valence electrons. The first kappa shape index (κ1) is 14.8. The molecule has 0 aliphatic carbocycles. The van der Waals surface area contributed by atoms with E-state index in [1.807, 2.05) is 28.9 Å². The lowest BCUT2D eigenvalue weighted by atomic mass is 10.2. The summed E-state index contributed by atoms with van der Waals surface area (Å²) in [6.45, 7) is 5.97. The molecular weight excluding hydrogens is 304 g/mol. The average molecular weight is 323 g/mol. The maximum absolute atomic E-state index is 5.96. The molecule has 0 radical (unpaired) electrons. The molecule has 2 heterocycles. The first-order valence-electron chi connectivity index (χ1n) is 7.35. The van der Waals surface area contributed by atoms with Gasteiger partial charge in [-0.25, -0.2) is 4.68 Å². The van der Waals surface area contributed by atoms with Crippen LogP contribution in [0, 0.1) is 4.77 Å². The van der Waals surface area contributed by atoms with Crippen LogP contribution in [0.5, 0.6) is 0 Å². The summed E-state index contributed by atoms with van der Waals surface area (Å²) in [7, 11) is 0. The molecule has 1 aromatic heterocycles. The Morgan fingerprint density at radius 1 is 1.19 bits per heavy atom. The summed E-state index contributed by atoms with van der Waals surface area (Å²) in [5.74, 6) is 0.915. The zero-order valence-corrected chi connectivity index (χ0v) is 13.7. The number of aromatic nitrogens is 3. The molecule has 1 aliphatic rings. The highest BCUT2D eigenvalue weighted by Gasteiger charge is 2.16. The Kier molecular flexibility index (Phi) is 4.42. The van der Waals surface area contributed by atoms with Crippen LogP contribution in [-0.4, -0.2) is 32.3 Å². The van der Waals surface area contributed by atoms with Crippen LogP contribution >= 0.6 is 23.8 Å². The maximum atomic E-state index is 5.96. The highest BCUT2D eigenvalue weighted by Crippen LogP contribution is 2.21. The predicted octanol–water partition coefficient (Wildman–Crippen LogP) is 3.81. The Labute approximate surface area is 134 Å². The Hall–Kier alpha value is -1.17. The van der Waals surface area contributed by atoms with Crippen molar-refractivity contribution in [3.8, 4) is 11.4 Å². The molecule has 2 aromatic rings. The normalized spacial score (nSPS) is 15.7. The Morgan fingerprint density at radius 3 is 2.48 bits per heavy atom. The number of benzene rings is 1. The van der Waals surface area contributed by atoms with Crippen LogP contribution in [0.4, 0.5) is 0 Å². The molecule has 0 spiro atoms. The van der Waals surface area contributed by atoms with Crippen molar-refractivity contribution in [1.82, 2.24) is 19.2 Å². The van der Waals surface area contributed by atoms with Crippen molar-refractivity contribution in [2.24, 2.45) is 0 Å². The quantitative estimate of drug-likeness (QED) is 0.801.